The zero-order chi connectivity index (χ0) is 15.5. The van der Waals surface area contributed by atoms with Crippen LogP contribution in [0, 0.1) is 0 Å². The number of amides is 1. The van der Waals surface area contributed by atoms with Crippen LogP contribution in [0.15, 0.2) is 29.2 Å². The molecule has 1 amide bonds. The fourth-order valence-corrected chi connectivity index (χ4v) is 2.84. The standard InChI is InChI=1S/C13H16F2N2O3S.ClH/c14-13(15)21(19,20)11-4-2-10(3-5-11)12(18)17-8-1-6-16-7-9-17;/h2-5,13,16H,1,6-9H2;1H. The molecule has 0 atom stereocenters. The molecule has 5 nitrogen and oxygen atoms in total. The summed E-state index contributed by atoms with van der Waals surface area (Å²) in [7, 11) is -4.62. The largest absolute Gasteiger partial charge is 0.341 e. The van der Waals surface area contributed by atoms with Crippen molar-refractivity contribution >= 4 is 28.2 Å². The summed E-state index contributed by atoms with van der Waals surface area (Å²) in [6, 6.07) is 4.64. The minimum Gasteiger partial charge on any atom is -0.337 e. The van der Waals surface area contributed by atoms with Crippen LogP contribution < -0.4 is 5.32 Å². The second-order valence-corrected chi connectivity index (χ2v) is 6.64. The number of hydrogen-bond acceptors (Lipinski definition) is 4. The Morgan fingerprint density at radius 1 is 1.14 bits per heavy atom. The van der Waals surface area contributed by atoms with Gasteiger partial charge in [-0.05, 0) is 37.2 Å². The van der Waals surface area contributed by atoms with Gasteiger partial charge in [-0.25, -0.2) is 8.42 Å². The molecule has 0 aromatic heterocycles. The third-order valence-electron chi connectivity index (χ3n) is 3.29. The van der Waals surface area contributed by atoms with Gasteiger partial charge in [0.2, 0.25) is 9.84 Å². The Morgan fingerprint density at radius 3 is 2.36 bits per heavy atom. The summed E-state index contributed by atoms with van der Waals surface area (Å²) < 4.78 is 47.5. The molecule has 22 heavy (non-hydrogen) atoms. The maximum Gasteiger partial charge on any atom is 0.341 e. The SMILES string of the molecule is Cl.O=C(c1ccc(S(=O)(=O)C(F)F)cc1)N1CCCNCC1. The Bertz CT molecular complexity index is 600. The molecule has 1 aromatic carbocycles. The number of alkyl halides is 2. The van der Waals surface area contributed by atoms with Crippen molar-refractivity contribution in [1.29, 1.82) is 0 Å². The van der Waals surface area contributed by atoms with E-state index in [1.165, 1.54) is 12.1 Å². The highest BCUT2D eigenvalue weighted by atomic mass is 35.5. The number of hydrogen-bond donors (Lipinski definition) is 1. The van der Waals surface area contributed by atoms with E-state index >= 15 is 0 Å². The maximum atomic E-state index is 12.4. The van der Waals surface area contributed by atoms with Gasteiger partial charge in [-0.1, -0.05) is 0 Å². The first-order valence-corrected chi connectivity index (χ1v) is 8.09. The topological polar surface area (TPSA) is 66.5 Å². The highest BCUT2D eigenvalue weighted by Gasteiger charge is 2.27. The molecule has 0 bridgehead atoms. The second-order valence-electron chi connectivity index (χ2n) is 4.73. The summed E-state index contributed by atoms with van der Waals surface area (Å²) in [6.07, 6.45) is 0.837. The van der Waals surface area contributed by atoms with Crippen molar-refractivity contribution in [2.45, 2.75) is 17.1 Å². The fraction of sp³-hybridized carbons (Fsp3) is 0.462. The van der Waals surface area contributed by atoms with Gasteiger partial charge in [0.15, 0.2) is 0 Å². The lowest BCUT2D eigenvalue weighted by molar-refractivity contribution is 0.0766. The molecule has 124 valence electrons. The van der Waals surface area contributed by atoms with E-state index in [0.29, 0.717) is 25.2 Å². The number of benzene rings is 1. The van der Waals surface area contributed by atoms with Crippen LogP contribution in [-0.2, 0) is 9.84 Å². The Kier molecular flexibility index (Phi) is 6.70. The Morgan fingerprint density at radius 2 is 1.77 bits per heavy atom. The molecular formula is C13H17ClF2N2O3S. The van der Waals surface area contributed by atoms with Gasteiger partial charge in [-0.15, -0.1) is 12.4 Å². The first kappa shape index (κ1) is 18.8. The molecule has 0 unspecified atom stereocenters. The van der Waals surface area contributed by atoms with E-state index in [9.17, 15) is 22.0 Å². The number of nitrogens with one attached hydrogen (secondary N) is 1. The molecule has 2 rings (SSSR count). The van der Waals surface area contributed by atoms with Crippen LogP contribution >= 0.6 is 12.4 Å². The van der Waals surface area contributed by atoms with Crippen molar-refractivity contribution < 1.29 is 22.0 Å². The summed E-state index contributed by atoms with van der Waals surface area (Å²) in [5.41, 5.74) is 0.296. The molecule has 0 spiro atoms. The molecule has 1 N–H and O–H groups in total. The van der Waals surface area contributed by atoms with E-state index in [2.05, 4.69) is 5.32 Å². The van der Waals surface area contributed by atoms with Crippen molar-refractivity contribution in [1.82, 2.24) is 10.2 Å². The van der Waals surface area contributed by atoms with Gasteiger partial charge < -0.3 is 10.2 Å². The number of halogens is 3. The molecule has 0 radical (unpaired) electrons. The first-order valence-electron chi connectivity index (χ1n) is 6.55. The number of carbonyl (C=O) groups is 1. The monoisotopic (exact) mass is 354 g/mol. The van der Waals surface area contributed by atoms with E-state index < -0.39 is 20.5 Å². The van der Waals surface area contributed by atoms with Crippen LogP contribution in [0.4, 0.5) is 8.78 Å². The minimum absolute atomic E-state index is 0. The average Bonchev–Trinajstić information content (AvgIpc) is 2.75. The van der Waals surface area contributed by atoms with Crippen molar-refractivity contribution in [3.05, 3.63) is 29.8 Å². The van der Waals surface area contributed by atoms with E-state index in [-0.39, 0.29) is 18.3 Å². The van der Waals surface area contributed by atoms with Crippen LogP contribution in [0.5, 0.6) is 0 Å². The van der Waals surface area contributed by atoms with Crippen molar-refractivity contribution in [3.8, 4) is 0 Å². The fourth-order valence-electron chi connectivity index (χ4n) is 2.12. The summed E-state index contributed by atoms with van der Waals surface area (Å²) in [6.45, 7) is 2.72. The van der Waals surface area contributed by atoms with Gasteiger partial charge in [0, 0.05) is 25.2 Å². The van der Waals surface area contributed by atoms with Crippen LogP contribution in [0.1, 0.15) is 16.8 Å². The smallest absolute Gasteiger partial charge is 0.337 e. The first-order chi connectivity index (χ1) is 9.93. The van der Waals surface area contributed by atoms with Crippen LogP contribution in [-0.4, -0.2) is 51.2 Å². The maximum absolute atomic E-state index is 12.4. The highest BCUT2D eigenvalue weighted by Crippen LogP contribution is 2.19. The molecule has 1 aliphatic heterocycles. The zero-order valence-corrected chi connectivity index (χ0v) is 13.3. The molecule has 1 heterocycles. The Labute approximate surface area is 134 Å². The summed E-state index contributed by atoms with van der Waals surface area (Å²) in [5, 5.41) is 3.17. The average molecular weight is 355 g/mol. The predicted octanol–water partition coefficient (Wildman–Crippen LogP) is 1.54. The Hall–Kier alpha value is -1.25. The third kappa shape index (κ3) is 4.15. The molecular weight excluding hydrogens is 338 g/mol. The van der Waals surface area contributed by atoms with Gasteiger partial charge in [0.25, 0.3) is 5.91 Å². The number of nitrogens with zero attached hydrogens (tertiary/aromatic N) is 1. The normalized spacial score (nSPS) is 16.0. The van der Waals surface area contributed by atoms with E-state index in [4.69, 9.17) is 0 Å². The summed E-state index contributed by atoms with van der Waals surface area (Å²) in [4.78, 5) is 13.4. The van der Waals surface area contributed by atoms with Crippen molar-refractivity contribution in [2.24, 2.45) is 0 Å². The van der Waals surface area contributed by atoms with Crippen LogP contribution in [0.2, 0.25) is 0 Å². The Balaban J connectivity index is 0.00000242. The van der Waals surface area contributed by atoms with Gasteiger partial charge in [0.1, 0.15) is 0 Å². The van der Waals surface area contributed by atoms with Crippen molar-refractivity contribution in [2.75, 3.05) is 26.2 Å². The van der Waals surface area contributed by atoms with Gasteiger partial charge in [-0.2, -0.15) is 8.78 Å². The highest BCUT2D eigenvalue weighted by molar-refractivity contribution is 7.91. The minimum atomic E-state index is -4.62. The molecule has 1 aromatic rings. The third-order valence-corrected chi connectivity index (χ3v) is 4.69. The summed E-state index contributed by atoms with van der Waals surface area (Å²) >= 11 is 0. The van der Waals surface area contributed by atoms with E-state index in [1.54, 1.807) is 4.90 Å². The molecule has 9 heteroatoms. The predicted molar refractivity (Wildman–Crippen MR) is 80.3 cm³/mol. The number of rotatable bonds is 3. The van der Waals surface area contributed by atoms with E-state index in [1.807, 2.05) is 0 Å². The van der Waals surface area contributed by atoms with Gasteiger partial charge >= 0.3 is 5.76 Å². The van der Waals surface area contributed by atoms with Crippen LogP contribution in [0.25, 0.3) is 0 Å². The van der Waals surface area contributed by atoms with Gasteiger partial charge in [-0.3, -0.25) is 4.79 Å². The lowest BCUT2D eigenvalue weighted by atomic mass is 10.2. The lowest BCUT2D eigenvalue weighted by Crippen LogP contribution is -2.34. The molecule has 0 aliphatic carbocycles. The number of carbonyl (C=O) groups excluding carboxylic acids is 1. The molecule has 0 saturated carbocycles. The quantitative estimate of drug-likeness (QED) is 0.894. The second kappa shape index (κ2) is 7.85. The zero-order valence-electron chi connectivity index (χ0n) is 11.7. The van der Waals surface area contributed by atoms with Crippen LogP contribution in [0.3, 0.4) is 0 Å². The molecule has 1 fully saturated rings. The molecule has 1 aliphatic rings. The lowest BCUT2D eigenvalue weighted by Gasteiger charge is -2.20. The van der Waals surface area contributed by atoms with E-state index in [0.717, 1.165) is 25.1 Å². The van der Waals surface area contributed by atoms with Crippen molar-refractivity contribution in [3.63, 3.8) is 0 Å². The van der Waals surface area contributed by atoms with Gasteiger partial charge in [0.05, 0.1) is 4.90 Å². The number of sulfone groups is 1. The molecule has 1 saturated heterocycles. The summed E-state index contributed by atoms with van der Waals surface area (Å²) in [5.74, 6) is -3.68.